The standard InChI is InChI=1S/C79H83Cl4N11O25/c1-30(2)12-46(85-5)71(106)93-61-63(100)34-7-10-50(44(82)17-34)115-52-19-36-20-53(67(52)119-78-68(66(103)65(102)54(29-95)117-78)118-56-25-79(4,69(104)31(3)114-56)87-27-32-13-40(28-86-26-32)88-70(105)37-14-38(80)21-39(81)15-37)116-51-11-8-35(18-45(51)83)64(101)62-76(111)92-60(77(112)113)43-22-41(96)23-49(98)57(43)42-16-33(6-9-48(42)97)58(73(108)94-62)91-74(109)59(36)90-72(107)47(24-55(84)99)89-75(61)110/h6-11,13-23,26,28,30-31,46-47,54,56,58-66,68-69,78,85,87,95-98,100-104H,12,24-25,27,29H2,1-5H3,(H2,84,99)(H,88,105)(H,89,110)(H,90,107)(H,91,109)(H,92,111)(H,93,106)(H,94,108)(H,112,113)/t31-,46+,47-,54+,56-,58+,59+,60+,61+,62-,63+,64+,65+,66-,68?,69+,78-,79-/m0/s1. The number of aliphatic hydroxyl groups is 6. The van der Waals surface area contributed by atoms with Gasteiger partial charge in [-0.05, 0) is 140 Å². The van der Waals surface area contributed by atoms with Gasteiger partial charge in [-0.15, -0.1) is 0 Å². The molecule has 21 N–H and O–H groups in total. The number of benzene rings is 6. The van der Waals surface area contributed by atoms with Crippen LogP contribution >= 0.6 is 46.4 Å². The van der Waals surface area contributed by atoms with Gasteiger partial charge < -0.3 is 133 Å². The molecule has 36 nitrogen and oxygen atoms in total. The second-order valence-corrected chi connectivity index (χ2v) is 31.4. The highest BCUT2D eigenvalue weighted by atomic mass is 35.5. The molecule has 7 aromatic rings. The van der Waals surface area contributed by atoms with Crippen molar-refractivity contribution in [3.8, 4) is 57.1 Å². The van der Waals surface area contributed by atoms with Crippen LogP contribution < -0.4 is 67.8 Å². The minimum absolute atomic E-state index is 0.0191. The fraction of sp³-hybridized carbons (Fsp3) is 0.367. The number of hydrogen-bond donors (Lipinski definition) is 20. The van der Waals surface area contributed by atoms with E-state index in [9.17, 15) is 79.8 Å². The number of pyridine rings is 1. The molecular weight excluding hydrogens is 1640 g/mol. The van der Waals surface area contributed by atoms with Crippen LogP contribution in [-0.4, -0.2) is 202 Å². The summed E-state index contributed by atoms with van der Waals surface area (Å²) in [5.74, 6) is -16.9. The Morgan fingerprint density at radius 3 is 1.94 bits per heavy atom. The highest BCUT2D eigenvalue weighted by molar-refractivity contribution is 6.35. The minimum Gasteiger partial charge on any atom is -0.508 e. The summed E-state index contributed by atoms with van der Waals surface area (Å²) < 4.78 is 39.4. The number of nitrogens with two attached hydrogens (primary N) is 1. The molecule has 1 unspecified atom stereocenters. The average Bonchev–Trinajstić information content (AvgIpc) is 0.765. The average molecular weight is 1730 g/mol. The van der Waals surface area contributed by atoms with Gasteiger partial charge in [-0.3, -0.25) is 43.3 Å². The molecule has 11 bridgehead atoms. The number of aromatic nitrogens is 1. The van der Waals surface area contributed by atoms with Crippen molar-refractivity contribution in [2.45, 2.75) is 163 Å². The number of aliphatic hydroxyl groups excluding tert-OH is 6. The van der Waals surface area contributed by atoms with Crippen LogP contribution in [0.5, 0.6) is 46.0 Å². The number of nitrogens with one attached hydrogen (secondary N) is 9. The number of carbonyl (C=O) groups excluding carboxylic acids is 8. The Morgan fingerprint density at radius 1 is 0.689 bits per heavy atom. The molecule has 2 saturated heterocycles. The first-order valence-corrected chi connectivity index (χ1v) is 38.5. The summed E-state index contributed by atoms with van der Waals surface area (Å²) in [7, 11) is 1.47. The summed E-state index contributed by atoms with van der Waals surface area (Å²) in [4.78, 5) is 136. The van der Waals surface area contributed by atoms with Crippen molar-refractivity contribution in [1.82, 2.24) is 47.5 Å². The summed E-state index contributed by atoms with van der Waals surface area (Å²) in [6.45, 7) is 5.73. The van der Waals surface area contributed by atoms with Gasteiger partial charge in [0.25, 0.3) is 5.91 Å². The smallest absolute Gasteiger partial charge is 0.330 e. The quantitative estimate of drug-likeness (QED) is 0.0579. The van der Waals surface area contributed by atoms with Crippen LogP contribution in [0.25, 0.3) is 11.1 Å². The summed E-state index contributed by atoms with van der Waals surface area (Å²) >= 11 is 26.6. The number of ether oxygens (including phenoxy) is 6. The molecule has 14 rings (SSSR count). The van der Waals surface area contributed by atoms with Gasteiger partial charge in [-0.1, -0.05) is 78.5 Å². The van der Waals surface area contributed by atoms with Gasteiger partial charge in [0.15, 0.2) is 29.9 Å². The summed E-state index contributed by atoms with van der Waals surface area (Å²) in [5, 5.41) is 140. The number of carboxylic acids is 1. The largest absolute Gasteiger partial charge is 0.508 e. The van der Waals surface area contributed by atoms with Crippen molar-refractivity contribution in [1.29, 1.82) is 0 Å². The van der Waals surface area contributed by atoms with E-state index < -0.39 is 248 Å². The molecule has 1 aromatic heterocycles. The van der Waals surface area contributed by atoms with E-state index in [0.29, 0.717) is 5.56 Å². The Hall–Kier alpha value is -10.8. The Bertz CT molecular complexity index is 5110. The van der Waals surface area contributed by atoms with E-state index in [-0.39, 0.29) is 69.0 Å². The van der Waals surface area contributed by atoms with E-state index in [0.717, 1.165) is 66.7 Å². The number of aromatic hydroxyl groups is 3. The van der Waals surface area contributed by atoms with Crippen molar-refractivity contribution in [3.63, 3.8) is 0 Å². The number of rotatable bonds is 18. The Morgan fingerprint density at radius 2 is 1.32 bits per heavy atom. The minimum atomic E-state index is -2.39. The van der Waals surface area contributed by atoms with E-state index in [1.165, 1.54) is 56.7 Å². The monoisotopic (exact) mass is 1730 g/mol. The fourth-order valence-electron chi connectivity index (χ4n) is 14.5. The van der Waals surface area contributed by atoms with Crippen LogP contribution in [0.4, 0.5) is 5.69 Å². The van der Waals surface area contributed by atoms with Crippen LogP contribution in [-0.2, 0) is 59.1 Å². The zero-order valence-corrected chi connectivity index (χ0v) is 66.6. The third-order valence-electron chi connectivity index (χ3n) is 20.6. The molecule has 0 saturated carbocycles. The van der Waals surface area contributed by atoms with Crippen molar-refractivity contribution in [2.75, 3.05) is 19.0 Å². The maximum atomic E-state index is 16.2. The number of halogens is 4. The predicted octanol–water partition coefficient (Wildman–Crippen LogP) is 3.89. The van der Waals surface area contributed by atoms with Crippen LogP contribution in [0.15, 0.2) is 116 Å². The lowest BCUT2D eigenvalue weighted by Crippen LogP contribution is -2.65. The number of fused-ring (bicyclic) bond motifs is 15. The van der Waals surface area contributed by atoms with E-state index >= 15 is 14.4 Å². The van der Waals surface area contributed by atoms with Gasteiger partial charge in [-0.2, -0.15) is 0 Å². The Balaban J connectivity index is 1.02. The summed E-state index contributed by atoms with van der Waals surface area (Å²) in [6.07, 6.45) is -16.5. The molecule has 0 radical (unpaired) electrons. The third-order valence-corrected chi connectivity index (χ3v) is 21.6. The van der Waals surface area contributed by atoms with Gasteiger partial charge in [0.2, 0.25) is 53.4 Å². The topological polar surface area (TPSA) is 558 Å². The lowest BCUT2D eigenvalue weighted by Gasteiger charge is -2.48. The first-order valence-electron chi connectivity index (χ1n) is 37.0. The van der Waals surface area contributed by atoms with Crippen molar-refractivity contribution in [2.24, 2.45) is 11.7 Å². The van der Waals surface area contributed by atoms with Crippen LogP contribution in [0.3, 0.4) is 0 Å². The molecule has 40 heteroatoms. The first-order chi connectivity index (χ1) is 56.4. The number of primary amides is 1. The van der Waals surface area contributed by atoms with E-state index in [1.807, 2.05) is 13.8 Å². The summed E-state index contributed by atoms with van der Waals surface area (Å²) in [6, 6.07) is 4.92. The van der Waals surface area contributed by atoms with Crippen LogP contribution in [0, 0.1) is 5.92 Å². The predicted molar refractivity (Wildman–Crippen MR) is 421 cm³/mol. The molecule has 18 atom stereocenters. The number of phenols is 3. The molecule has 8 heterocycles. The van der Waals surface area contributed by atoms with Gasteiger partial charge in [0.05, 0.1) is 53.2 Å². The van der Waals surface area contributed by atoms with Crippen molar-refractivity contribution < 1.29 is 123 Å². The molecule has 0 spiro atoms. The number of nitrogens with zero attached hydrogens (tertiary/aromatic N) is 1. The Labute approximate surface area is 696 Å². The molecule has 2 fully saturated rings. The molecule has 8 amide bonds. The number of hydrogen-bond acceptors (Lipinski definition) is 27. The van der Waals surface area contributed by atoms with E-state index in [2.05, 4.69) is 52.8 Å². The molecule has 6 aromatic carbocycles. The number of amides is 8. The lowest BCUT2D eigenvalue weighted by atomic mass is 9.84. The third kappa shape index (κ3) is 19.4. The van der Waals surface area contributed by atoms with E-state index in [4.69, 9.17) is 80.6 Å². The van der Waals surface area contributed by atoms with E-state index in [1.54, 1.807) is 13.0 Å². The molecule has 7 aliphatic rings. The van der Waals surface area contributed by atoms with Gasteiger partial charge in [-0.25, -0.2) is 4.79 Å². The lowest BCUT2D eigenvalue weighted by molar-refractivity contribution is -0.334. The molecule has 7 aliphatic heterocycles. The maximum Gasteiger partial charge on any atom is 0.330 e. The first kappa shape index (κ1) is 87.5. The number of carbonyl (C=O) groups is 9. The van der Waals surface area contributed by atoms with Crippen LogP contribution in [0.2, 0.25) is 20.1 Å². The highest BCUT2D eigenvalue weighted by Crippen LogP contribution is 2.50. The van der Waals surface area contributed by atoms with Crippen molar-refractivity contribution >= 4 is 105 Å². The summed E-state index contributed by atoms with van der Waals surface area (Å²) in [5.41, 5.74) is 2.36. The van der Waals surface area contributed by atoms with Gasteiger partial charge in [0, 0.05) is 63.1 Å². The van der Waals surface area contributed by atoms with Gasteiger partial charge in [0.1, 0.15) is 89.5 Å². The number of anilines is 1. The normalized spacial score (nSPS) is 26.7. The number of carboxylic acid groups (broad SMARTS) is 1. The Kier molecular flexibility index (Phi) is 26.8. The second-order valence-electron chi connectivity index (χ2n) is 29.7. The molecule has 0 aliphatic carbocycles. The zero-order chi connectivity index (χ0) is 86.1. The zero-order valence-electron chi connectivity index (χ0n) is 63.5. The number of likely N-dealkylation sites (N-methyl/N-ethyl adjacent to an activating group) is 1. The molecule has 119 heavy (non-hydrogen) atoms. The highest BCUT2D eigenvalue weighted by Gasteiger charge is 2.52. The van der Waals surface area contributed by atoms with Gasteiger partial charge >= 0.3 is 5.97 Å². The molecular formula is C79H83Cl4N11O25. The SMILES string of the molecule is CN[C@H](CC(C)C)C(=O)N[C@H]1C(=O)N[C@@H](CC(N)=O)C(=O)N[C@H]2C(=O)N[C@H]3C(=O)N[C@H](C(=O)N[C@@H](C(=O)O)c4cc(O)cc(O)c4-c4cc3ccc4O)[C@H](O)c3ccc(c(Cl)c3)Oc3cc2cc(c3O[C@@H]2O[C@H](CO)[C@@H](O)[C@H](O)C2O[C@H]2C[C@](C)(NCc3cncc(NC(=O)c4cc(Cl)cc(Cl)c4)c3)[C@H](O)[C@H](C)O2)Oc2ccc(cc2Cl)[C@H]1O. The second kappa shape index (κ2) is 36.4. The maximum absolute atomic E-state index is 16.2. The fourth-order valence-corrected chi connectivity index (χ4v) is 15.5. The molecule has 632 valence electrons. The number of phenolic OH excluding ortho intramolecular Hbond substituents is 3. The van der Waals surface area contributed by atoms with Crippen molar-refractivity contribution in [3.05, 3.63) is 175 Å². The van der Waals surface area contributed by atoms with Crippen LogP contribution in [0.1, 0.15) is 121 Å². The number of aliphatic carboxylic acids is 1.